The molecule has 1 aromatic carbocycles. The number of rotatable bonds is 5. The van der Waals surface area contributed by atoms with Gasteiger partial charge in [0.2, 0.25) is 0 Å². The zero-order chi connectivity index (χ0) is 23.6. The van der Waals surface area contributed by atoms with E-state index in [9.17, 15) is 18.0 Å². The summed E-state index contributed by atoms with van der Waals surface area (Å²) >= 11 is 0. The first kappa shape index (κ1) is 22.9. The lowest BCUT2D eigenvalue weighted by atomic mass is 9.86. The number of carbonyl (C=O) groups excluding carboxylic acids is 1. The van der Waals surface area contributed by atoms with Gasteiger partial charge >= 0.3 is 6.18 Å². The van der Waals surface area contributed by atoms with Gasteiger partial charge in [0.05, 0.1) is 5.52 Å². The second-order valence-corrected chi connectivity index (χ2v) is 8.46. The van der Waals surface area contributed by atoms with Crippen LogP contribution in [0.3, 0.4) is 0 Å². The molecule has 1 fully saturated rings. The molecule has 0 aliphatic heterocycles. The molecular formula is C24H26F3N5O. The van der Waals surface area contributed by atoms with Gasteiger partial charge in [-0.15, -0.1) is 0 Å². The van der Waals surface area contributed by atoms with Crippen molar-refractivity contribution in [3.05, 3.63) is 53.5 Å². The van der Waals surface area contributed by atoms with Crippen LogP contribution in [0, 0.1) is 12.8 Å². The number of anilines is 1. The van der Waals surface area contributed by atoms with E-state index in [4.69, 9.17) is 0 Å². The van der Waals surface area contributed by atoms with Crippen LogP contribution in [0.1, 0.15) is 54.4 Å². The van der Waals surface area contributed by atoms with Crippen LogP contribution in [-0.2, 0) is 12.7 Å². The molecule has 4 rings (SSSR count). The molecule has 1 unspecified atom stereocenters. The molecule has 1 saturated carbocycles. The third kappa shape index (κ3) is 5.23. The van der Waals surface area contributed by atoms with E-state index in [1.165, 1.54) is 0 Å². The average Bonchev–Trinajstić information content (AvgIpc) is 3.26. The maximum absolute atomic E-state index is 13.4. The summed E-state index contributed by atoms with van der Waals surface area (Å²) in [4.78, 5) is 20.4. The predicted octanol–water partition coefficient (Wildman–Crippen LogP) is 5.66. The molecule has 6 nitrogen and oxygen atoms in total. The van der Waals surface area contributed by atoms with Crippen molar-refractivity contribution in [1.29, 1.82) is 0 Å². The first-order chi connectivity index (χ1) is 15.7. The number of fused-ring (bicyclic) bond motifs is 1. The Morgan fingerprint density at radius 2 is 2.09 bits per heavy atom. The van der Waals surface area contributed by atoms with Crippen molar-refractivity contribution in [2.75, 3.05) is 5.32 Å². The van der Waals surface area contributed by atoms with Crippen LogP contribution in [0.4, 0.5) is 18.9 Å². The molecule has 1 aliphatic rings. The van der Waals surface area contributed by atoms with Crippen LogP contribution in [0.2, 0.25) is 0 Å². The Bertz CT molecular complexity index is 1180. The van der Waals surface area contributed by atoms with E-state index in [1.807, 2.05) is 19.9 Å². The summed E-state index contributed by atoms with van der Waals surface area (Å²) in [6.45, 7) is 4.38. The molecule has 1 aliphatic carbocycles. The van der Waals surface area contributed by atoms with Crippen molar-refractivity contribution in [1.82, 2.24) is 14.8 Å². The molecule has 0 radical (unpaired) electrons. The summed E-state index contributed by atoms with van der Waals surface area (Å²) in [6.07, 6.45) is 2.01. The second-order valence-electron chi connectivity index (χ2n) is 8.46. The Hall–Kier alpha value is -3.23. The monoisotopic (exact) mass is 457 g/mol. The molecule has 1 N–H and O–H groups in total. The minimum absolute atomic E-state index is 0.0290. The molecule has 174 valence electrons. The van der Waals surface area contributed by atoms with Gasteiger partial charge in [-0.2, -0.15) is 18.3 Å². The Morgan fingerprint density at radius 3 is 2.85 bits per heavy atom. The van der Waals surface area contributed by atoms with Gasteiger partial charge in [-0.3, -0.25) is 9.48 Å². The largest absolute Gasteiger partial charge is 0.433 e. The van der Waals surface area contributed by atoms with E-state index in [1.54, 1.807) is 35.3 Å². The topological polar surface area (TPSA) is 72.2 Å². The van der Waals surface area contributed by atoms with E-state index in [0.29, 0.717) is 35.2 Å². The maximum atomic E-state index is 13.4. The summed E-state index contributed by atoms with van der Waals surface area (Å²) < 4.78 is 41.8. The zero-order valence-corrected chi connectivity index (χ0v) is 18.6. The van der Waals surface area contributed by atoms with Crippen LogP contribution >= 0.6 is 0 Å². The number of alkyl halides is 3. The van der Waals surface area contributed by atoms with Crippen LogP contribution in [0.25, 0.3) is 10.9 Å². The van der Waals surface area contributed by atoms with Gasteiger partial charge in [-0.05, 0) is 63.3 Å². The number of nitrogens with zero attached hydrogens (tertiary/aromatic N) is 4. The number of hydrogen-bond donors (Lipinski definition) is 1. The summed E-state index contributed by atoms with van der Waals surface area (Å²) in [5.74, 6) is -0.273. The average molecular weight is 458 g/mol. The van der Waals surface area contributed by atoms with Crippen LogP contribution in [0.15, 0.2) is 41.5 Å². The standard InChI is InChI=1S/C24H26F3N5O/c1-3-32-21(9-10-29-32)23(33)28-14-16-5-4-6-17(12-16)30-20-13-22(24(25,26)27)31-19-8-7-15(2)11-18(19)20/h7-11,13-14,16-17H,3-6,12H2,1-2H3,(H,30,31)/t16?,17-/m0/s1. The summed E-state index contributed by atoms with van der Waals surface area (Å²) in [5.41, 5.74) is 1.23. The fraction of sp³-hybridized carbons (Fsp3) is 0.417. The third-order valence-electron chi connectivity index (χ3n) is 5.97. The smallest absolute Gasteiger partial charge is 0.382 e. The number of aromatic nitrogens is 3. The van der Waals surface area contributed by atoms with Crippen molar-refractivity contribution in [3.63, 3.8) is 0 Å². The SMILES string of the molecule is CCn1nccc1C(=O)N=CC1CCC[C@H](Nc2cc(C(F)(F)F)nc3ccc(C)cc23)C1. The molecule has 1 amide bonds. The lowest BCUT2D eigenvalue weighted by Crippen LogP contribution is -2.28. The quantitative estimate of drug-likeness (QED) is 0.502. The Labute approximate surface area is 189 Å². The third-order valence-corrected chi connectivity index (χ3v) is 5.97. The van der Waals surface area contributed by atoms with Gasteiger partial charge in [0.25, 0.3) is 5.91 Å². The van der Waals surface area contributed by atoms with Crippen molar-refractivity contribution in [2.24, 2.45) is 10.9 Å². The first-order valence-electron chi connectivity index (χ1n) is 11.1. The molecule has 2 heterocycles. The van der Waals surface area contributed by atoms with Gasteiger partial charge in [-0.25, -0.2) is 9.98 Å². The van der Waals surface area contributed by atoms with Crippen molar-refractivity contribution in [2.45, 2.75) is 58.3 Å². The molecule has 2 aromatic heterocycles. The highest BCUT2D eigenvalue weighted by molar-refractivity contribution is 5.98. The van der Waals surface area contributed by atoms with Crippen LogP contribution < -0.4 is 5.32 Å². The van der Waals surface area contributed by atoms with E-state index in [-0.39, 0.29) is 17.9 Å². The number of aliphatic imine (C=N–C) groups is 1. The Balaban J connectivity index is 1.52. The van der Waals surface area contributed by atoms with Crippen LogP contribution in [-0.4, -0.2) is 32.9 Å². The van der Waals surface area contributed by atoms with Crippen molar-refractivity contribution in [3.8, 4) is 0 Å². The van der Waals surface area contributed by atoms with Gasteiger partial charge in [0.1, 0.15) is 11.4 Å². The summed E-state index contributed by atoms with van der Waals surface area (Å²) in [6, 6.07) is 7.93. The van der Waals surface area contributed by atoms with E-state index < -0.39 is 11.9 Å². The normalized spacial score (nSPS) is 19.3. The number of amides is 1. The number of pyridine rings is 1. The number of halogens is 3. The Kier molecular flexibility index (Phi) is 6.49. The zero-order valence-electron chi connectivity index (χ0n) is 18.6. The second kappa shape index (κ2) is 9.33. The van der Waals surface area contributed by atoms with Crippen LogP contribution in [0.5, 0.6) is 0 Å². The van der Waals surface area contributed by atoms with Crippen molar-refractivity contribution < 1.29 is 18.0 Å². The maximum Gasteiger partial charge on any atom is 0.433 e. The molecule has 33 heavy (non-hydrogen) atoms. The lowest BCUT2D eigenvalue weighted by Gasteiger charge is -2.29. The highest BCUT2D eigenvalue weighted by Gasteiger charge is 2.34. The minimum Gasteiger partial charge on any atom is -0.382 e. The fourth-order valence-corrected chi connectivity index (χ4v) is 4.32. The Morgan fingerprint density at radius 1 is 1.27 bits per heavy atom. The number of carbonyl (C=O) groups is 1. The van der Waals surface area contributed by atoms with Gasteiger partial charge in [0.15, 0.2) is 0 Å². The lowest BCUT2D eigenvalue weighted by molar-refractivity contribution is -0.140. The number of nitrogens with one attached hydrogen (secondary N) is 1. The minimum atomic E-state index is -4.53. The molecule has 3 aromatic rings. The van der Waals surface area contributed by atoms with E-state index in [2.05, 4.69) is 20.4 Å². The molecule has 0 bridgehead atoms. The molecule has 9 heteroatoms. The molecular weight excluding hydrogens is 431 g/mol. The molecule has 0 spiro atoms. The fourth-order valence-electron chi connectivity index (χ4n) is 4.32. The molecule has 2 atom stereocenters. The van der Waals surface area contributed by atoms with Crippen molar-refractivity contribution >= 4 is 28.7 Å². The summed E-state index contributed by atoms with van der Waals surface area (Å²) in [5, 5.41) is 8.09. The summed E-state index contributed by atoms with van der Waals surface area (Å²) in [7, 11) is 0. The molecule has 0 saturated heterocycles. The van der Waals surface area contributed by atoms with Gasteiger partial charge in [-0.1, -0.05) is 18.1 Å². The highest BCUT2D eigenvalue weighted by atomic mass is 19.4. The van der Waals surface area contributed by atoms with Gasteiger partial charge < -0.3 is 5.32 Å². The highest BCUT2D eigenvalue weighted by Crippen LogP contribution is 2.35. The number of benzene rings is 1. The first-order valence-corrected chi connectivity index (χ1v) is 11.1. The van der Waals surface area contributed by atoms with E-state index in [0.717, 1.165) is 30.9 Å². The van der Waals surface area contributed by atoms with Gasteiger partial charge in [0, 0.05) is 36.1 Å². The van der Waals surface area contributed by atoms with E-state index >= 15 is 0 Å². The number of aryl methyl sites for hydroxylation is 2. The number of hydrogen-bond acceptors (Lipinski definition) is 4. The predicted molar refractivity (Wildman–Crippen MR) is 122 cm³/mol.